The van der Waals surface area contributed by atoms with Gasteiger partial charge in [0.25, 0.3) is 0 Å². The van der Waals surface area contributed by atoms with Gasteiger partial charge in [-0.3, -0.25) is 9.80 Å². The molecule has 142 valence electrons. The van der Waals surface area contributed by atoms with Crippen LogP contribution in [0.3, 0.4) is 0 Å². The molecule has 6 N–H and O–H groups in total. The summed E-state index contributed by atoms with van der Waals surface area (Å²) in [6.45, 7) is 4.25. The molecular formula is C20H30N4O2. The number of nitrogen functional groups attached to an aromatic ring is 2. The molecule has 0 fully saturated rings. The lowest BCUT2D eigenvalue weighted by atomic mass is 10.1. The molecule has 0 radical (unpaired) electrons. The summed E-state index contributed by atoms with van der Waals surface area (Å²) in [6, 6.07) is 15.6. The molecule has 0 aliphatic carbocycles. The number of nitrogens with two attached hydrogens (primary N) is 2. The first-order valence-electron chi connectivity index (χ1n) is 8.97. The minimum atomic E-state index is 0.0956. The Morgan fingerprint density at radius 3 is 1.35 bits per heavy atom. The van der Waals surface area contributed by atoms with Gasteiger partial charge in [0, 0.05) is 50.6 Å². The second-order valence-corrected chi connectivity index (χ2v) is 6.40. The number of hydrogen-bond acceptors (Lipinski definition) is 6. The second kappa shape index (κ2) is 10.8. The highest BCUT2D eigenvalue weighted by Crippen LogP contribution is 2.15. The Balaban J connectivity index is 1.97. The van der Waals surface area contributed by atoms with Crippen LogP contribution in [0.1, 0.15) is 11.1 Å². The fourth-order valence-corrected chi connectivity index (χ4v) is 2.94. The average Bonchev–Trinajstić information content (AvgIpc) is 2.63. The predicted molar refractivity (Wildman–Crippen MR) is 106 cm³/mol. The molecule has 0 unspecified atom stereocenters. The lowest BCUT2D eigenvalue weighted by Crippen LogP contribution is -2.37. The number of anilines is 2. The van der Waals surface area contributed by atoms with Gasteiger partial charge in [-0.25, -0.2) is 0 Å². The van der Waals surface area contributed by atoms with Crippen LogP contribution in [0.25, 0.3) is 0 Å². The number of para-hydroxylation sites is 2. The van der Waals surface area contributed by atoms with E-state index in [2.05, 4.69) is 9.80 Å². The van der Waals surface area contributed by atoms with Gasteiger partial charge in [-0.1, -0.05) is 36.4 Å². The Kier molecular flexibility index (Phi) is 8.37. The van der Waals surface area contributed by atoms with Crippen LogP contribution in [-0.4, -0.2) is 59.4 Å². The van der Waals surface area contributed by atoms with Gasteiger partial charge in [0.2, 0.25) is 0 Å². The zero-order chi connectivity index (χ0) is 18.8. The quantitative estimate of drug-likeness (QED) is 0.450. The molecule has 2 rings (SSSR count). The van der Waals surface area contributed by atoms with Crippen molar-refractivity contribution in [3.05, 3.63) is 59.7 Å². The van der Waals surface area contributed by atoms with Crippen molar-refractivity contribution in [2.24, 2.45) is 0 Å². The highest BCUT2D eigenvalue weighted by atomic mass is 16.3. The van der Waals surface area contributed by atoms with E-state index in [4.69, 9.17) is 11.5 Å². The topological polar surface area (TPSA) is 99.0 Å². The van der Waals surface area contributed by atoms with E-state index in [0.717, 1.165) is 35.6 Å². The highest BCUT2D eigenvalue weighted by Gasteiger charge is 2.12. The van der Waals surface area contributed by atoms with E-state index in [1.54, 1.807) is 0 Å². The number of aliphatic hydroxyl groups excluding tert-OH is 2. The third-order valence-electron chi connectivity index (χ3n) is 4.46. The number of hydrogen-bond donors (Lipinski definition) is 4. The number of nitrogens with zero attached hydrogens (tertiary/aromatic N) is 2. The first kappa shape index (κ1) is 20.2. The van der Waals surface area contributed by atoms with Gasteiger partial charge in [-0.2, -0.15) is 0 Å². The van der Waals surface area contributed by atoms with Crippen LogP contribution < -0.4 is 11.5 Å². The fourth-order valence-electron chi connectivity index (χ4n) is 2.94. The average molecular weight is 358 g/mol. The van der Waals surface area contributed by atoms with Gasteiger partial charge in [-0.15, -0.1) is 0 Å². The lowest BCUT2D eigenvalue weighted by molar-refractivity contribution is 0.144. The third kappa shape index (κ3) is 6.31. The van der Waals surface area contributed by atoms with Crippen LogP contribution in [0.5, 0.6) is 0 Å². The molecule has 6 heteroatoms. The molecule has 0 aromatic heterocycles. The van der Waals surface area contributed by atoms with Gasteiger partial charge in [0.05, 0.1) is 13.2 Å². The Labute approximate surface area is 155 Å². The molecule has 0 saturated heterocycles. The van der Waals surface area contributed by atoms with Gasteiger partial charge >= 0.3 is 0 Å². The molecule has 0 spiro atoms. The van der Waals surface area contributed by atoms with Crippen LogP contribution in [0, 0.1) is 0 Å². The Morgan fingerprint density at radius 2 is 1.00 bits per heavy atom. The van der Waals surface area contributed by atoms with Crippen molar-refractivity contribution in [1.29, 1.82) is 0 Å². The fraction of sp³-hybridized carbons (Fsp3) is 0.400. The molecule has 0 aliphatic heterocycles. The molecule has 0 heterocycles. The predicted octanol–water partition coefficient (Wildman–Crippen LogP) is 1.14. The van der Waals surface area contributed by atoms with Crippen LogP contribution in [0.4, 0.5) is 11.4 Å². The summed E-state index contributed by atoms with van der Waals surface area (Å²) < 4.78 is 0. The molecule has 0 aliphatic rings. The molecule has 2 aromatic rings. The van der Waals surface area contributed by atoms with Crippen LogP contribution in [0.2, 0.25) is 0 Å². The largest absolute Gasteiger partial charge is 0.398 e. The van der Waals surface area contributed by atoms with Crippen LogP contribution in [0.15, 0.2) is 48.5 Å². The van der Waals surface area contributed by atoms with Crippen molar-refractivity contribution >= 4 is 11.4 Å². The standard InChI is InChI=1S/C20H30N4O2/c21-19-7-3-1-5-17(19)15-23(11-13-25)9-10-24(12-14-26)16-18-6-2-4-8-20(18)22/h1-8,25-26H,9-16,21-22H2. The number of benzene rings is 2. The van der Waals surface area contributed by atoms with Gasteiger partial charge < -0.3 is 21.7 Å². The van der Waals surface area contributed by atoms with E-state index in [-0.39, 0.29) is 13.2 Å². The number of rotatable bonds is 11. The van der Waals surface area contributed by atoms with Crippen molar-refractivity contribution in [2.45, 2.75) is 13.1 Å². The highest BCUT2D eigenvalue weighted by molar-refractivity contribution is 5.46. The van der Waals surface area contributed by atoms with E-state index in [1.807, 2.05) is 48.5 Å². The maximum absolute atomic E-state index is 9.38. The zero-order valence-electron chi connectivity index (χ0n) is 15.2. The maximum Gasteiger partial charge on any atom is 0.0558 e. The maximum atomic E-state index is 9.38. The van der Waals surface area contributed by atoms with Gasteiger partial charge in [0.1, 0.15) is 0 Å². The van der Waals surface area contributed by atoms with Gasteiger partial charge in [-0.05, 0) is 23.3 Å². The zero-order valence-corrected chi connectivity index (χ0v) is 15.2. The minimum Gasteiger partial charge on any atom is -0.398 e. The minimum absolute atomic E-state index is 0.0956. The summed E-state index contributed by atoms with van der Waals surface area (Å²) in [7, 11) is 0. The Morgan fingerprint density at radius 1 is 0.615 bits per heavy atom. The van der Waals surface area contributed by atoms with E-state index >= 15 is 0 Å². The van der Waals surface area contributed by atoms with E-state index < -0.39 is 0 Å². The normalized spacial score (nSPS) is 11.4. The van der Waals surface area contributed by atoms with E-state index in [9.17, 15) is 10.2 Å². The molecule has 0 bridgehead atoms. The first-order valence-corrected chi connectivity index (χ1v) is 8.97. The molecule has 0 atom stereocenters. The van der Waals surface area contributed by atoms with Crippen molar-refractivity contribution in [3.63, 3.8) is 0 Å². The SMILES string of the molecule is Nc1ccccc1CN(CCO)CCN(CCO)Cc1ccccc1N. The first-order chi connectivity index (χ1) is 12.6. The summed E-state index contributed by atoms with van der Waals surface area (Å²) in [6.07, 6.45) is 0. The van der Waals surface area contributed by atoms with Crippen molar-refractivity contribution in [2.75, 3.05) is 50.9 Å². The summed E-state index contributed by atoms with van der Waals surface area (Å²) in [5.74, 6) is 0. The van der Waals surface area contributed by atoms with Crippen LogP contribution in [-0.2, 0) is 13.1 Å². The summed E-state index contributed by atoms with van der Waals surface area (Å²) in [4.78, 5) is 4.34. The Hall–Kier alpha value is -2.12. The third-order valence-corrected chi connectivity index (χ3v) is 4.46. The smallest absolute Gasteiger partial charge is 0.0558 e. The molecule has 26 heavy (non-hydrogen) atoms. The summed E-state index contributed by atoms with van der Waals surface area (Å²) >= 11 is 0. The molecule has 2 aromatic carbocycles. The molecule has 0 saturated carbocycles. The van der Waals surface area contributed by atoms with Crippen molar-refractivity contribution in [1.82, 2.24) is 9.80 Å². The van der Waals surface area contributed by atoms with E-state index in [0.29, 0.717) is 26.2 Å². The monoisotopic (exact) mass is 358 g/mol. The van der Waals surface area contributed by atoms with E-state index in [1.165, 1.54) is 0 Å². The molecule has 6 nitrogen and oxygen atoms in total. The van der Waals surface area contributed by atoms with Crippen LogP contribution >= 0.6 is 0 Å². The number of aliphatic hydroxyl groups is 2. The Bertz CT molecular complexity index is 608. The summed E-state index contributed by atoms with van der Waals surface area (Å²) in [5.41, 5.74) is 15.7. The molecular weight excluding hydrogens is 328 g/mol. The second-order valence-electron chi connectivity index (χ2n) is 6.40. The lowest BCUT2D eigenvalue weighted by Gasteiger charge is -2.27. The van der Waals surface area contributed by atoms with Crippen molar-refractivity contribution in [3.8, 4) is 0 Å². The summed E-state index contributed by atoms with van der Waals surface area (Å²) in [5, 5.41) is 18.8. The molecule has 0 amide bonds. The van der Waals surface area contributed by atoms with Crippen molar-refractivity contribution < 1.29 is 10.2 Å². The van der Waals surface area contributed by atoms with Gasteiger partial charge in [0.15, 0.2) is 0 Å².